The average Bonchev–Trinajstić information content (AvgIpc) is 2.49. The van der Waals surface area contributed by atoms with E-state index in [0.717, 1.165) is 12.8 Å². The molecule has 1 saturated carbocycles. The molecule has 0 aromatic heterocycles. The lowest BCUT2D eigenvalue weighted by atomic mass is 9.80. The summed E-state index contributed by atoms with van der Waals surface area (Å²) in [5, 5.41) is 9.48. The molecule has 1 aliphatic heterocycles. The van der Waals surface area contributed by atoms with Crippen LogP contribution in [0.5, 0.6) is 0 Å². The summed E-state index contributed by atoms with van der Waals surface area (Å²) in [6, 6.07) is 0. The van der Waals surface area contributed by atoms with Crippen molar-refractivity contribution in [1.29, 1.82) is 0 Å². The van der Waals surface area contributed by atoms with Gasteiger partial charge in [-0.1, -0.05) is 6.42 Å². The number of hydrogen-bond donors (Lipinski definition) is 1. The minimum atomic E-state index is -1.02. The highest BCUT2D eigenvalue weighted by Gasteiger charge is 2.56. The van der Waals surface area contributed by atoms with E-state index >= 15 is 0 Å². The smallest absolute Gasteiger partial charge is 0.411 e. The number of carboxylic acid groups (broad SMARTS) is 1. The van der Waals surface area contributed by atoms with Gasteiger partial charge < -0.3 is 9.84 Å². The minimum absolute atomic E-state index is 0.308. The number of likely N-dealkylation sites (tertiary alicyclic amines) is 1. The monoisotopic (exact) mass is 255 g/mol. The number of amides is 1. The van der Waals surface area contributed by atoms with E-state index in [1.165, 1.54) is 4.90 Å². The number of aliphatic carboxylic acids is 1. The van der Waals surface area contributed by atoms with E-state index in [1.807, 2.05) is 0 Å². The fourth-order valence-electron chi connectivity index (χ4n) is 3.07. The second-order valence-electron chi connectivity index (χ2n) is 6.39. The van der Waals surface area contributed by atoms with Crippen molar-refractivity contribution >= 4 is 12.1 Å². The zero-order valence-corrected chi connectivity index (χ0v) is 11.2. The standard InChI is InChI=1S/C13H21NO4/c1-12(2,3)18-11(17)14-8-9-5-4-6-13(14,7-9)10(15)16/h9H,4-8H2,1-3H3,(H,15,16)/t9?,13-/m1/s1. The van der Waals surface area contributed by atoms with E-state index in [-0.39, 0.29) is 0 Å². The van der Waals surface area contributed by atoms with Crippen LogP contribution in [0.1, 0.15) is 46.5 Å². The second kappa shape index (κ2) is 4.14. The summed E-state index contributed by atoms with van der Waals surface area (Å²) >= 11 is 0. The van der Waals surface area contributed by atoms with E-state index in [0.29, 0.717) is 25.3 Å². The van der Waals surface area contributed by atoms with Crippen LogP contribution < -0.4 is 0 Å². The van der Waals surface area contributed by atoms with Gasteiger partial charge in [0.2, 0.25) is 0 Å². The Morgan fingerprint density at radius 3 is 2.61 bits per heavy atom. The number of nitrogens with zero attached hydrogens (tertiary/aromatic N) is 1. The summed E-state index contributed by atoms with van der Waals surface area (Å²) in [6.45, 7) is 5.89. The van der Waals surface area contributed by atoms with Crippen LogP contribution in [0.3, 0.4) is 0 Å². The minimum Gasteiger partial charge on any atom is -0.479 e. The maximum atomic E-state index is 12.2. The van der Waals surface area contributed by atoms with Gasteiger partial charge in [0.15, 0.2) is 0 Å². The van der Waals surface area contributed by atoms with E-state index in [1.54, 1.807) is 20.8 Å². The molecule has 1 N–H and O–H groups in total. The maximum absolute atomic E-state index is 12.2. The Labute approximate surface area is 107 Å². The molecule has 1 saturated heterocycles. The van der Waals surface area contributed by atoms with E-state index in [2.05, 4.69) is 0 Å². The third-order valence-corrected chi connectivity index (χ3v) is 3.80. The Bertz CT molecular complexity index is 374. The van der Waals surface area contributed by atoms with Gasteiger partial charge in [0, 0.05) is 6.54 Å². The number of carboxylic acids is 1. The van der Waals surface area contributed by atoms with Crippen molar-refractivity contribution in [3.05, 3.63) is 0 Å². The van der Waals surface area contributed by atoms with Crippen molar-refractivity contribution in [2.45, 2.75) is 57.6 Å². The number of ether oxygens (including phenoxy) is 1. The molecule has 2 fully saturated rings. The molecule has 5 nitrogen and oxygen atoms in total. The van der Waals surface area contributed by atoms with E-state index in [4.69, 9.17) is 4.74 Å². The molecule has 2 rings (SSSR count). The Balaban J connectivity index is 2.21. The number of carbonyl (C=O) groups excluding carboxylic acids is 1. The van der Waals surface area contributed by atoms with Gasteiger partial charge in [-0.2, -0.15) is 0 Å². The Morgan fingerprint density at radius 1 is 1.39 bits per heavy atom. The number of carbonyl (C=O) groups is 2. The molecule has 1 unspecified atom stereocenters. The lowest BCUT2D eigenvalue weighted by molar-refractivity contribution is -0.150. The van der Waals surface area contributed by atoms with Gasteiger partial charge in [0.1, 0.15) is 11.1 Å². The SMILES string of the molecule is CC(C)(C)OC(=O)N1CC2CCC[C@]1(C(=O)O)C2. The average molecular weight is 255 g/mol. The van der Waals surface area contributed by atoms with Gasteiger partial charge in [-0.15, -0.1) is 0 Å². The van der Waals surface area contributed by atoms with Crippen LogP contribution in [0, 0.1) is 5.92 Å². The lowest BCUT2D eigenvalue weighted by Crippen LogP contribution is -2.54. The molecule has 5 heteroatoms. The Hall–Kier alpha value is -1.26. The van der Waals surface area contributed by atoms with Crippen molar-refractivity contribution in [2.75, 3.05) is 6.54 Å². The molecular weight excluding hydrogens is 234 g/mol. The van der Waals surface area contributed by atoms with Crippen molar-refractivity contribution in [2.24, 2.45) is 5.92 Å². The molecule has 0 aromatic carbocycles. The van der Waals surface area contributed by atoms with Gasteiger partial charge in [-0.25, -0.2) is 9.59 Å². The summed E-state index contributed by atoms with van der Waals surface area (Å²) in [5.41, 5.74) is -1.61. The van der Waals surface area contributed by atoms with Crippen LogP contribution in [-0.2, 0) is 9.53 Å². The van der Waals surface area contributed by atoms with Crippen LogP contribution in [0.4, 0.5) is 4.79 Å². The van der Waals surface area contributed by atoms with Crippen molar-refractivity contribution < 1.29 is 19.4 Å². The van der Waals surface area contributed by atoms with Crippen LogP contribution in [0.25, 0.3) is 0 Å². The van der Waals surface area contributed by atoms with Crippen LogP contribution in [0.2, 0.25) is 0 Å². The van der Waals surface area contributed by atoms with Gasteiger partial charge in [0.05, 0.1) is 0 Å². The van der Waals surface area contributed by atoms with Crippen molar-refractivity contribution in [1.82, 2.24) is 4.90 Å². The zero-order chi connectivity index (χ0) is 13.6. The van der Waals surface area contributed by atoms with Crippen LogP contribution in [0.15, 0.2) is 0 Å². The predicted molar refractivity (Wildman–Crippen MR) is 65.3 cm³/mol. The molecule has 2 atom stereocenters. The van der Waals surface area contributed by atoms with Crippen molar-refractivity contribution in [3.8, 4) is 0 Å². The number of rotatable bonds is 1. The molecular formula is C13H21NO4. The molecule has 2 bridgehead atoms. The summed E-state index contributed by atoms with van der Waals surface area (Å²) in [4.78, 5) is 25.2. The highest BCUT2D eigenvalue weighted by molar-refractivity contribution is 5.85. The molecule has 102 valence electrons. The fraction of sp³-hybridized carbons (Fsp3) is 0.846. The molecule has 0 radical (unpaired) electrons. The first-order valence-electron chi connectivity index (χ1n) is 6.49. The topological polar surface area (TPSA) is 66.8 Å². The Kier molecular flexibility index (Phi) is 3.03. The van der Waals surface area contributed by atoms with E-state index in [9.17, 15) is 14.7 Å². The first-order valence-corrected chi connectivity index (χ1v) is 6.49. The van der Waals surface area contributed by atoms with Crippen molar-refractivity contribution in [3.63, 3.8) is 0 Å². The third kappa shape index (κ3) is 2.18. The zero-order valence-electron chi connectivity index (χ0n) is 11.2. The summed E-state index contributed by atoms with van der Waals surface area (Å²) in [6.07, 6.45) is 2.50. The predicted octanol–water partition coefficient (Wildman–Crippen LogP) is 2.25. The molecule has 2 aliphatic rings. The van der Waals surface area contributed by atoms with Crippen LogP contribution in [-0.4, -0.2) is 39.8 Å². The second-order valence-corrected chi connectivity index (χ2v) is 6.39. The first kappa shape index (κ1) is 13.2. The highest BCUT2D eigenvalue weighted by Crippen LogP contribution is 2.44. The normalized spacial score (nSPS) is 31.3. The molecule has 0 aromatic rings. The molecule has 1 heterocycles. The molecule has 1 amide bonds. The van der Waals surface area contributed by atoms with Gasteiger partial charge >= 0.3 is 12.1 Å². The molecule has 18 heavy (non-hydrogen) atoms. The molecule has 1 aliphatic carbocycles. The number of fused-ring (bicyclic) bond motifs is 2. The van der Waals surface area contributed by atoms with Gasteiger partial charge in [0.25, 0.3) is 0 Å². The quantitative estimate of drug-likeness (QED) is 0.780. The van der Waals surface area contributed by atoms with Crippen LogP contribution >= 0.6 is 0 Å². The summed E-state index contributed by atoms with van der Waals surface area (Å²) in [7, 11) is 0. The van der Waals surface area contributed by atoms with Gasteiger partial charge in [-0.05, 0) is 46.0 Å². The highest BCUT2D eigenvalue weighted by atomic mass is 16.6. The van der Waals surface area contributed by atoms with E-state index < -0.39 is 23.2 Å². The lowest BCUT2D eigenvalue weighted by Gasteiger charge is -2.36. The summed E-state index contributed by atoms with van der Waals surface area (Å²) in [5.74, 6) is -0.585. The van der Waals surface area contributed by atoms with Gasteiger partial charge in [-0.3, -0.25) is 4.90 Å². The third-order valence-electron chi connectivity index (χ3n) is 3.80. The first-order chi connectivity index (χ1) is 8.24. The number of hydrogen-bond acceptors (Lipinski definition) is 3. The summed E-state index contributed by atoms with van der Waals surface area (Å²) < 4.78 is 5.33. The Morgan fingerprint density at radius 2 is 2.06 bits per heavy atom. The largest absolute Gasteiger partial charge is 0.479 e. The molecule has 0 spiro atoms. The fourth-order valence-corrected chi connectivity index (χ4v) is 3.07. The maximum Gasteiger partial charge on any atom is 0.411 e.